The Kier molecular flexibility index (Phi) is 6.18. The van der Waals surface area contributed by atoms with Crippen molar-refractivity contribution in [1.82, 2.24) is 19.4 Å². The van der Waals surface area contributed by atoms with Crippen LogP contribution in [-0.2, 0) is 19.8 Å². The largest absolute Gasteiger partial charge is 0.351 e. The summed E-state index contributed by atoms with van der Waals surface area (Å²) in [5.74, 6) is 1.38. The molecule has 0 unspecified atom stereocenters. The van der Waals surface area contributed by atoms with Gasteiger partial charge in [-0.05, 0) is 34.1 Å². The van der Waals surface area contributed by atoms with Crippen LogP contribution in [0.2, 0.25) is 0 Å². The van der Waals surface area contributed by atoms with E-state index in [4.69, 9.17) is 0 Å². The fourth-order valence-electron chi connectivity index (χ4n) is 2.53. The van der Waals surface area contributed by atoms with E-state index in [0.717, 1.165) is 19.9 Å². The van der Waals surface area contributed by atoms with Crippen molar-refractivity contribution in [3.8, 4) is 0 Å². The summed E-state index contributed by atoms with van der Waals surface area (Å²) < 4.78 is 3.40. The van der Waals surface area contributed by atoms with Crippen LogP contribution in [-0.4, -0.2) is 32.3 Å². The molecular weight excluding hydrogens is 452 g/mol. The number of rotatable bonds is 6. The molecule has 1 amide bonds. The summed E-state index contributed by atoms with van der Waals surface area (Å²) in [6.45, 7) is 0.513. The molecule has 3 aromatic rings. The van der Waals surface area contributed by atoms with Gasteiger partial charge >= 0.3 is 5.69 Å². The Morgan fingerprint density at radius 1 is 1.30 bits per heavy atom. The van der Waals surface area contributed by atoms with Gasteiger partial charge < -0.3 is 5.32 Å². The first-order valence-corrected chi connectivity index (χ1v) is 10.8. The Morgan fingerprint density at radius 3 is 2.78 bits per heavy atom. The minimum atomic E-state index is -0.465. The van der Waals surface area contributed by atoms with E-state index in [1.54, 1.807) is 30.1 Å². The molecule has 0 fully saturated rings. The third-order valence-corrected chi connectivity index (χ3v) is 6.77. The molecule has 0 saturated carbocycles. The highest BCUT2D eigenvalue weighted by atomic mass is 79.9. The van der Waals surface area contributed by atoms with E-state index in [2.05, 4.69) is 32.3 Å². The number of thioether (sulfide) groups is 1. The number of amides is 1. The number of thiophene rings is 1. The van der Waals surface area contributed by atoms with Gasteiger partial charge in [-0.15, -0.1) is 11.3 Å². The average molecular weight is 469 g/mol. The molecule has 0 radical (unpaired) electrons. The van der Waals surface area contributed by atoms with E-state index >= 15 is 0 Å². The van der Waals surface area contributed by atoms with Gasteiger partial charge in [-0.1, -0.05) is 0 Å². The Hall–Kier alpha value is -1.91. The van der Waals surface area contributed by atoms with Crippen molar-refractivity contribution in [3.63, 3.8) is 0 Å². The molecule has 27 heavy (non-hydrogen) atoms. The van der Waals surface area contributed by atoms with Gasteiger partial charge in [0.2, 0.25) is 0 Å². The molecule has 1 N–H and O–H groups in total. The molecule has 0 bridgehead atoms. The van der Waals surface area contributed by atoms with Gasteiger partial charge in [0.05, 0.1) is 14.7 Å². The maximum absolute atomic E-state index is 12.3. The van der Waals surface area contributed by atoms with Gasteiger partial charge in [0, 0.05) is 43.2 Å². The van der Waals surface area contributed by atoms with Gasteiger partial charge in [-0.2, -0.15) is 11.8 Å². The molecule has 10 heteroatoms. The zero-order valence-corrected chi connectivity index (χ0v) is 17.9. The van der Waals surface area contributed by atoms with E-state index in [9.17, 15) is 14.4 Å². The molecule has 0 aliphatic heterocycles. The number of fused-ring (bicyclic) bond motifs is 1. The second-order valence-corrected chi connectivity index (χ2v) is 9.47. The first-order chi connectivity index (χ1) is 12.9. The first-order valence-electron chi connectivity index (χ1n) is 8.04. The van der Waals surface area contributed by atoms with E-state index in [1.807, 2.05) is 6.07 Å². The number of halogens is 1. The van der Waals surface area contributed by atoms with E-state index in [-0.39, 0.29) is 16.9 Å². The van der Waals surface area contributed by atoms with Crippen molar-refractivity contribution >= 4 is 56.0 Å². The standard InChI is InChI=1S/C17H17BrN4O3S2/c1-21-14-12(16(24)22(2)17(21)25)7-10(8-20-14)15(23)19-5-6-26-9-11-3-4-13(18)27-11/h3-4,7-8H,5-6,9H2,1-2H3,(H,19,23). The lowest BCUT2D eigenvalue weighted by molar-refractivity contribution is 0.0956. The van der Waals surface area contributed by atoms with Crippen molar-refractivity contribution in [2.45, 2.75) is 5.75 Å². The summed E-state index contributed by atoms with van der Waals surface area (Å²) in [5.41, 5.74) is -0.359. The molecule has 0 atom stereocenters. The molecule has 7 nitrogen and oxygen atoms in total. The number of pyridine rings is 1. The number of hydrogen-bond acceptors (Lipinski definition) is 6. The highest BCUT2D eigenvalue weighted by Gasteiger charge is 2.13. The first kappa shape index (κ1) is 19.8. The van der Waals surface area contributed by atoms with Crippen LogP contribution >= 0.6 is 39.0 Å². The molecule has 0 aliphatic carbocycles. The lowest BCUT2D eigenvalue weighted by atomic mass is 10.2. The summed E-state index contributed by atoms with van der Waals surface area (Å²) >= 11 is 6.87. The maximum Gasteiger partial charge on any atom is 0.332 e. The van der Waals surface area contributed by atoms with Crippen LogP contribution < -0.4 is 16.6 Å². The summed E-state index contributed by atoms with van der Waals surface area (Å²) in [4.78, 5) is 42.0. The van der Waals surface area contributed by atoms with Crippen LogP contribution in [0, 0.1) is 0 Å². The Labute approximate surface area is 171 Å². The number of carbonyl (C=O) groups is 1. The van der Waals surface area contributed by atoms with Gasteiger partial charge in [0.1, 0.15) is 5.65 Å². The number of aryl methyl sites for hydroxylation is 1. The maximum atomic E-state index is 12.3. The second-order valence-electron chi connectivity index (χ2n) is 5.82. The smallest absolute Gasteiger partial charge is 0.332 e. The third-order valence-electron chi connectivity index (χ3n) is 3.96. The number of nitrogens with one attached hydrogen (secondary N) is 1. The Morgan fingerprint density at radius 2 is 2.07 bits per heavy atom. The van der Waals surface area contributed by atoms with Crippen LogP contribution in [0.4, 0.5) is 0 Å². The minimum absolute atomic E-state index is 0.241. The minimum Gasteiger partial charge on any atom is -0.351 e. The van der Waals surface area contributed by atoms with E-state index in [0.29, 0.717) is 12.1 Å². The topological polar surface area (TPSA) is 86.0 Å². The summed E-state index contributed by atoms with van der Waals surface area (Å²) in [6, 6.07) is 5.58. The normalized spacial score (nSPS) is 11.1. The van der Waals surface area contributed by atoms with Crippen molar-refractivity contribution in [2.24, 2.45) is 14.1 Å². The van der Waals surface area contributed by atoms with Crippen molar-refractivity contribution in [1.29, 1.82) is 0 Å². The van der Waals surface area contributed by atoms with Crippen LogP contribution in [0.1, 0.15) is 15.2 Å². The molecule has 142 valence electrons. The van der Waals surface area contributed by atoms with Crippen molar-refractivity contribution in [3.05, 3.63) is 59.5 Å². The zero-order valence-electron chi connectivity index (χ0n) is 14.7. The lowest BCUT2D eigenvalue weighted by Gasteiger charge is -2.08. The van der Waals surface area contributed by atoms with Crippen LogP contribution in [0.25, 0.3) is 11.0 Å². The molecule has 0 aromatic carbocycles. The zero-order chi connectivity index (χ0) is 19.6. The fraction of sp³-hybridized carbons (Fsp3) is 0.294. The number of carbonyl (C=O) groups excluding carboxylic acids is 1. The molecule has 0 aliphatic rings. The fourth-order valence-corrected chi connectivity index (χ4v) is 4.98. The third kappa shape index (κ3) is 4.33. The SMILES string of the molecule is Cn1c(=O)c2cc(C(=O)NCCSCc3ccc(Br)s3)cnc2n(C)c1=O. The molecular formula is C17H17BrN4O3S2. The summed E-state index contributed by atoms with van der Waals surface area (Å²) in [7, 11) is 2.94. The summed E-state index contributed by atoms with van der Waals surface area (Å²) in [5, 5.41) is 3.07. The predicted molar refractivity (Wildman–Crippen MR) is 113 cm³/mol. The van der Waals surface area contributed by atoms with Crippen molar-refractivity contribution < 1.29 is 4.79 Å². The second kappa shape index (κ2) is 8.41. The molecule has 3 aromatic heterocycles. The van der Waals surface area contributed by atoms with Crippen LogP contribution in [0.15, 0.2) is 37.8 Å². The van der Waals surface area contributed by atoms with E-state index in [1.165, 1.54) is 28.8 Å². The average Bonchev–Trinajstić information content (AvgIpc) is 3.08. The van der Waals surface area contributed by atoms with Gasteiger partial charge in [0.25, 0.3) is 11.5 Å². The summed E-state index contributed by atoms with van der Waals surface area (Å²) in [6.07, 6.45) is 1.38. The van der Waals surface area contributed by atoms with Crippen molar-refractivity contribution in [2.75, 3.05) is 12.3 Å². The molecule has 3 rings (SSSR count). The van der Waals surface area contributed by atoms with Gasteiger partial charge in [0.15, 0.2) is 0 Å². The van der Waals surface area contributed by atoms with Crippen LogP contribution in [0.3, 0.4) is 0 Å². The lowest BCUT2D eigenvalue weighted by Crippen LogP contribution is -2.37. The molecule has 0 spiro atoms. The quantitative estimate of drug-likeness (QED) is 0.559. The molecule has 0 saturated heterocycles. The number of nitrogens with zero attached hydrogens (tertiary/aromatic N) is 3. The predicted octanol–water partition coefficient (Wildman–Crippen LogP) is 2.12. The van der Waals surface area contributed by atoms with E-state index < -0.39 is 11.2 Å². The Bertz CT molecular complexity index is 1120. The number of hydrogen-bond donors (Lipinski definition) is 1. The number of aromatic nitrogens is 3. The monoisotopic (exact) mass is 468 g/mol. The van der Waals surface area contributed by atoms with Gasteiger partial charge in [-0.25, -0.2) is 9.78 Å². The van der Waals surface area contributed by atoms with Gasteiger partial charge in [-0.3, -0.25) is 18.7 Å². The Balaban J connectivity index is 1.64. The highest BCUT2D eigenvalue weighted by molar-refractivity contribution is 9.11. The molecule has 3 heterocycles. The van der Waals surface area contributed by atoms with Crippen LogP contribution in [0.5, 0.6) is 0 Å². The highest BCUT2D eigenvalue weighted by Crippen LogP contribution is 2.25.